The SMILES string of the molecule is Cc1cc(C(=O)OC(C)C(=O)N2CCNC2=O)cc(S(N)(=O)=O)c1C. The van der Waals surface area contributed by atoms with E-state index in [0.29, 0.717) is 17.7 Å². The highest BCUT2D eigenvalue weighted by atomic mass is 32.2. The Morgan fingerprint density at radius 1 is 1.32 bits per heavy atom. The van der Waals surface area contributed by atoms with E-state index < -0.39 is 34.0 Å². The average molecular weight is 369 g/mol. The van der Waals surface area contributed by atoms with Gasteiger partial charge in [-0.2, -0.15) is 0 Å². The molecule has 0 aliphatic carbocycles. The van der Waals surface area contributed by atoms with E-state index in [4.69, 9.17) is 9.88 Å². The quantitative estimate of drug-likeness (QED) is 0.720. The van der Waals surface area contributed by atoms with E-state index in [1.807, 2.05) is 0 Å². The molecule has 25 heavy (non-hydrogen) atoms. The first-order valence-electron chi connectivity index (χ1n) is 7.46. The molecule has 1 fully saturated rings. The van der Waals surface area contributed by atoms with Gasteiger partial charge in [0.2, 0.25) is 10.0 Å². The monoisotopic (exact) mass is 369 g/mol. The summed E-state index contributed by atoms with van der Waals surface area (Å²) in [5.41, 5.74) is 0.922. The fraction of sp³-hybridized carbons (Fsp3) is 0.400. The Morgan fingerprint density at radius 3 is 2.48 bits per heavy atom. The number of esters is 1. The van der Waals surface area contributed by atoms with Crippen LogP contribution in [0.2, 0.25) is 0 Å². The van der Waals surface area contributed by atoms with Crippen molar-refractivity contribution in [2.75, 3.05) is 13.1 Å². The molecule has 2 rings (SSSR count). The van der Waals surface area contributed by atoms with Crippen molar-refractivity contribution < 1.29 is 27.5 Å². The lowest BCUT2D eigenvalue weighted by Gasteiger charge is -2.18. The van der Waals surface area contributed by atoms with E-state index in [0.717, 1.165) is 11.0 Å². The molecule has 0 bridgehead atoms. The van der Waals surface area contributed by atoms with E-state index in [-0.39, 0.29) is 17.0 Å². The third kappa shape index (κ3) is 3.97. The lowest BCUT2D eigenvalue weighted by molar-refractivity contribution is -0.136. The predicted molar refractivity (Wildman–Crippen MR) is 87.3 cm³/mol. The standard InChI is InChI=1S/C15H19N3O6S/c1-8-6-11(7-12(9(8)2)25(16,22)23)14(20)24-10(3)13(19)18-5-4-17-15(18)21/h6-7,10H,4-5H2,1-3H3,(H,17,21)(H2,16,22,23). The van der Waals surface area contributed by atoms with Crippen LogP contribution in [-0.2, 0) is 19.6 Å². The van der Waals surface area contributed by atoms with Crippen molar-refractivity contribution in [3.8, 4) is 0 Å². The van der Waals surface area contributed by atoms with E-state index in [1.54, 1.807) is 13.8 Å². The average Bonchev–Trinajstić information content (AvgIpc) is 2.93. The minimum Gasteiger partial charge on any atom is -0.449 e. The van der Waals surface area contributed by atoms with Crippen molar-refractivity contribution in [2.24, 2.45) is 5.14 Å². The highest BCUT2D eigenvalue weighted by Gasteiger charge is 2.32. The first-order valence-corrected chi connectivity index (χ1v) is 9.01. The van der Waals surface area contributed by atoms with E-state index >= 15 is 0 Å². The van der Waals surface area contributed by atoms with Gasteiger partial charge in [-0.15, -0.1) is 0 Å². The maximum Gasteiger partial charge on any atom is 0.338 e. The van der Waals surface area contributed by atoms with Gasteiger partial charge >= 0.3 is 12.0 Å². The number of urea groups is 1. The Hall–Kier alpha value is -2.46. The summed E-state index contributed by atoms with van der Waals surface area (Å²) in [5.74, 6) is -1.53. The molecule has 1 aliphatic heterocycles. The molecule has 0 saturated carbocycles. The summed E-state index contributed by atoms with van der Waals surface area (Å²) >= 11 is 0. The van der Waals surface area contributed by atoms with Gasteiger partial charge in [-0.3, -0.25) is 9.69 Å². The number of hydrogen-bond acceptors (Lipinski definition) is 6. The molecule has 1 unspecified atom stereocenters. The number of nitrogens with two attached hydrogens (primary N) is 1. The third-order valence-corrected chi connectivity index (χ3v) is 4.95. The Kier molecular flexibility index (Phi) is 5.14. The number of nitrogens with zero attached hydrogens (tertiary/aromatic N) is 1. The molecule has 9 nitrogen and oxygen atoms in total. The molecular formula is C15H19N3O6S. The normalized spacial score (nSPS) is 15.7. The Labute approximate surface area is 145 Å². The maximum absolute atomic E-state index is 12.3. The Balaban J connectivity index is 2.22. The second-order valence-electron chi connectivity index (χ2n) is 5.73. The number of ether oxygens (including phenoxy) is 1. The van der Waals surface area contributed by atoms with Crippen LogP contribution in [0.4, 0.5) is 4.79 Å². The highest BCUT2D eigenvalue weighted by Crippen LogP contribution is 2.21. The second kappa shape index (κ2) is 6.81. The predicted octanol–water partition coefficient (Wildman–Crippen LogP) is 0.0479. The molecule has 1 heterocycles. The summed E-state index contributed by atoms with van der Waals surface area (Å²) in [6, 6.07) is 2.02. The minimum atomic E-state index is -4.01. The van der Waals surface area contributed by atoms with Crippen LogP contribution >= 0.6 is 0 Å². The highest BCUT2D eigenvalue weighted by molar-refractivity contribution is 7.89. The summed E-state index contributed by atoms with van der Waals surface area (Å²) in [6.45, 7) is 5.07. The molecule has 0 spiro atoms. The van der Waals surface area contributed by atoms with Crippen molar-refractivity contribution in [3.63, 3.8) is 0 Å². The number of primary sulfonamides is 1. The summed E-state index contributed by atoms with van der Waals surface area (Å²) in [5, 5.41) is 7.63. The molecule has 10 heteroatoms. The number of benzene rings is 1. The van der Waals surface area contributed by atoms with Crippen LogP contribution in [0.3, 0.4) is 0 Å². The molecule has 1 atom stereocenters. The van der Waals surface area contributed by atoms with Crippen LogP contribution in [0.15, 0.2) is 17.0 Å². The minimum absolute atomic E-state index is 0.0438. The van der Waals surface area contributed by atoms with Gasteiger partial charge in [-0.25, -0.2) is 23.1 Å². The summed E-state index contributed by atoms with van der Waals surface area (Å²) in [4.78, 5) is 36.7. The summed E-state index contributed by atoms with van der Waals surface area (Å²) in [6.07, 6.45) is -1.20. The summed E-state index contributed by atoms with van der Waals surface area (Å²) in [7, 11) is -4.01. The second-order valence-corrected chi connectivity index (χ2v) is 7.26. The number of hydrogen-bond donors (Lipinski definition) is 2. The molecule has 0 aromatic heterocycles. The molecular weight excluding hydrogens is 350 g/mol. The van der Waals surface area contributed by atoms with Gasteiger partial charge in [0, 0.05) is 13.1 Å². The van der Waals surface area contributed by atoms with Crippen LogP contribution in [0.25, 0.3) is 0 Å². The van der Waals surface area contributed by atoms with Crippen molar-refractivity contribution in [2.45, 2.75) is 31.8 Å². The van der Waals surface area contributed by atoms with Crippen LogP contribution in [-0.4, -0.2) is 50.4 Å². The topological polar surface area (TPSA) is 136 Å². The number of imide groups is 1. The van der Waals surface area contributed by atoms with Gasteiger partial charge in [0.15, 0.2) is 6.10 Å². The van der Waals surface area contributed by atoms with Gasteiger partial charge in [-0.05, 0) is 44.0 Å². The third-order valence-electron chi connectivity index (χ3n) is 3.92. The first-order chi connectivity index (χ1) is 11.5. The van der Waals surface area contributed by atoms with Gasteiger partial charge in [0.1, 0.15) is 0 Å². The summed E-state index contributed by atoms with van der Waals surface area (Å²) < 4.78 is 28.4. The van der Waals surface area contributed by atoms with Gasteiger partial charge in [0.05, 0.1) is 10.5 Å². The molecule has 1 aliphatic rings. The van der Waals surface area contributed by atoms with Crippen molar-refractivity contribution in [3.05, 3.63) is 28.8 Å². The van der Waals surface area contributed by atoms with Crippen molar-refractivity contribution >= 4 is 27.9 Å². The largest absolute Gasteiger partial charge is 0.449 e. The zero-order chi connectivity index (χ0) is 18.9. The van der Waals surface area contributed by atoms with E-state index in [2.05, 4.69) is 5.32 Å². The number of nitrogens with one attached hydrogen (secondary N) is 1. The first kappa shape index (κ1) is 18.9. The number of amides is 3. The molecule has 1 aromatic rings. The number of carbonyl (C=O) groups excluding carboxylic acids is 3. The number of rotatable bonds is 4. The molecule has 3 N–H and O–H groups in total. The number of carbonyl (C=O) groups is 3. The van der Waals surface area contributed by atoms with Crippen LogP contribution in [0.1, 0.15) is 28.4 Å². The van der Waals surface area contributed by atoms with E-state index in [9.17, 15) is 22.8 Å². The van der Waals surface area contributed by atoms with Crippen LogP contribution in [0.5, 0.6) is 0 Å². The number of sulfonamides is 1. The lowest BCUT2D eigenvalue weighted by atomic mass is 10.1. The van der Waals surface area contributed by atoms with Crippen molar-refractivity contribution in [1.82, 2.24) is 10.2 Å². The Bertz CT molecular complexity index is 849. The number of aryl methyl sites for hydroxylation is 1. The van der Waals surface area contributed by atoms with Gasteiger partial charge < -0.3 is 10.1 Å². The fourth-order valence-electron chi connectivity index (χ4n) is 2.42. The van der Waals surface area contributed by atoms with Crippen LogP contribution in [0, 0.1) is 13.8 Å². The smallest absolute Gasteiger partial charge is 0.338 e. The molecule has 1 aromatic carbocycles. The zero-order valence-electron chi connectivity index (χ0n) is 14.0. The molecule has 0 radical (unpaired) electrons. The molecule has 1 saturated heterocycles. The van der Waals surface area contributed by atoms with Gasteiger partial charge in [-0.1, -0.05) is 0 Å². The fourth-order valence-corrected chi connectivity index (χ4v) is 3.30. The Morgan fingerprint density at radius 2 is 1.96 bits per heavy atom. The maximum atomic E-state index is 12.3. The van der Waals surface area contributed by atoms with Crippen molar-refractivity contribution in [1.29, 1.82) is 0 Å². The lowest BCUT2D eigenvalue weighted by Crippen LogP contribution is -2.41. The van der Waals surface area contributed by atoms with Crippen LogP contribution < -0.4 is 10.5 Å². The zero-order valence-corrected chi connectivity index (χ0v) is 14.8. The van der Waals surface area contributed by atoms with Gasteiger partial charge in [0.25, 0.3) is 5.91 Å². The van der Waals surface area contributed by atoms with E-state index in [1.165, 1.54) is 13.0 Å². The molecule has 136 valence electrons. The molecule has 3 amide bonds.